The Bertz CT molecular complexity index is 3230. The average Bonchev–Trinajstić information content (AvgIpc) is 3.90. The number of hydrogen-bond donors (Lipinski definition) is 0. The highest BCUT2D eigenvalue weighted by Crippen LogP contribution is 2.56. The van der Waals surface area contributed by atoms with Gasteiger partial charge in [-0.3, -0.25) is 0 Å². The van der Waals surface area contributed by atoms with E-state index in [2.05, 4.69) is 301 Å². The molecule has 0 N–H and O–H groups in total. The molecule has 11 rings (SSSR count). The van der Waals surface area contributed by atoms with E-state index in [1.54, 1.807) is 0 Å². The molecule has 1 aliphatic carbocycles. The maximum atomic E-state index is 2.37. The van der Waals surface area contributed by atoms with Gasteiger partial charge in [0.15, 0.2) is 0 Å². The fourth-order valence-electron chi connectivity index (χ4n) is 10.1. The lowest BCUT2D eigenvalue weighted by atomic mass is 9.67. The van der Waals surface area contributed by atoms with Crippen molar-refractivity contribution in [2.45, 2.75) is 140 Å². The monoisotopic (exact) mass is 1040 g/mol. The van der Waals surface area contributed by atoms with Gasteiger partial charge in [-0.25, -0.2) is 0 Å². The minimum absolute atomic E-state index is 0.263. The third-order valence-electron chi connectivity index (χ3n) is 14.2. The van der Waals surface area contributed by atoms with Crippen molar-refractivity contribution in [3.8, 4) is 33.4 Å². The van der Waals surface area contributed by atoms with Crippen molar-refractivity contribution < 1.29 is 0 Å². The zero-order valence-electron chi connectivity index (χ0n) is 50.4. The third-order valence-corrected chi connectivity index (χ3v) is 14.2. The number of fused-ring (bicyclic) bond motifs is 4. The van der Waals surface area contributed by atoms with Gasteiger partial charge in [0.25, 0.3) is 0 Å². The molecular weight excluding hydrogens is 949 g/mol. The molecule has 408 valence electrons. The second-order valence-electron chi connectivity index (χ2n) is 20.7. The van der Waals surface area contributed by atoms with Gasteiger partial charge in [-0.1, -0.05) is 335 Å². The first-order valence-electron chi connectivity index (χ1n) is 29.6. The highest BCUT2D eigenvalue weighted by atomic mass is 14.5. The first kappa shape index (κ1) is 62.3. The maximum absolute atomic E-state index is 2.37. The van der Waals surface area contributed by atoms with Crippen molar-refractivity contribution in [2.24, 2.45) is 0 Å². The van der Waals surface area contributed by atoms with Gasteiger partial charge in [-0.2, -0.15) is 0 Å². The molecule has 0 saturated heterocycles. The van der Waals surface area contributed by atoms with Crippen molar-refractivity contribution in [1.82, 2.24) is 0 Å². The average molecular weight is 1040 g/mol. The molecule has 0 heterocycles. The molecule has 79 heavy (non-hydrogen) atoms. The number of rotatable bonds is 9. The molecule has 0 spiro atoms. The van der Waals surface area contributed by atoms with Crippen LogP contribution in [0.4, 0.5) is 0 Å². The van der Waals surface area contributed by atoms with Crippen LogP contribution in [0.3, 0.4) is 0 Å². The van der Waals surface area contributed by atoms with E-state index in [4.69, 9.17) is 0 Å². The van der Waals surface area contributed by atoms with Crippen molar-refractivity contribution in [3.05, 3.63) is 298 Å². The molecule has 0 nitrogen and oxygen atoms in total. The second kappa shape index (κ2) is 33.0. The van der Waals surface area contributed by atoms with Crippen molar-refractivity contribution in [3.63, 3.8) is 0 Å². The topological polar surface area (TPSA) is 0 Å². The van der Waals surface area contributed by atoms with E-state index in [-0.39, 0.29) is 5.41 Å². The van der Waals surface area contributed by atoms with E-state index >= 15 is 0 Å². The smallest absolute Gasteiger partial charge is 0.0683 e. The Morgan fingerprint density at radius 2 is 0.797 bits per heavy atom. The van der Waals surface area contributed by atoms with Crippen LogP contribution in [0, 0.1) is 27.7 Å². The summed E-state index contributed by atoms with van der Waals surface area (Å²) >= 11 is 0. The van der Waals surface area contributed by atoms with Gasteiger partial charge in [0.1, 0.15) is 0 Å². The molecule has 0 bridgehead atoms. The van der Waals surface area contributed by atoms with Gasteiger partial charge in [-0.15, -0.1) is 0 Å². The molecule has 1 atom stereocenters. The summed E-state index contributed by atoms with van der Waals surface area (Å²) in [6.07, 6.45) is 7.41. The van der Waals surface area contributed by atoms with E-state index in [0.717, 1.165) is 0 Å². The molecule has 0 aromatic heterocycles. The largest absolute Gasteiger partial charge is 0.0713 e. The summed E-state index contributed by atoms with van der Waals surface area (Å²) in [5.41, 5.74) is 21.4. The zero-order valence-corrected chi connectivity index (χ0v) is 50.4. The normalized spacial score (nSPS) is 11.5. The van der Waals surface area contributed by atoms with Gasteiger partial charge < -0.3 is 0 Å². The summed E-state index contributed by atoms with van der Waals surface area (Å²) in [7, 11) is 0. The second-order valence-corrected chi connectivity index (χ2v) is 20.7. The highest BCUT2D eigenvalue weighted by Gasteiger charge is 2.45. The maximum Gasteiger partial charge on any atom is 0.0713 e. The minimum atomic E-state index is -0.263. The standard InChI is InChI=1S/C26H20.C21H22.C17H20.C7H8.2C3H8.C2H6/c1-19-16-17-23-22-14-8-9-15-24(22)26(25(23)18-19,20-10-4-2-5-11-20)21-12-6-3-7-13-21;1-4-15(2)19-11-7-8-12-20(19)21-14-18-10-6-5-9-17(18)13-16(21)3;1-3-4-5-15-8-12-17(13-9-15)16-10-6-14(2)7-11-16;1-7-5-3-2-4-6-7;2*1-3-2;1-2/h2-18H,1H3;5-15H,4H2,1-3H3;6-13H,3-5H2,1-2H3;2-6H,1H3;2*3H2,1-2H3;1-2H3. The molecule has 0 aliphatic heterocycles. The van der Waals surface area contributed by atoms with Crippen LogP contribution in [0.15, 0.2) is 243 Å². The quantitative estimate of drug-likeness (QED) is 0.135. The summed E-state index contributed by atoms with van der Waals surface area (Å²) in [4.78, 5) is 0. The van der Waals surface area contributed by atoms with Gasteiger partial charge in [-0.05, 0) is 142 Å². The van der Waals surface area contributed by atoms with Crippen molar-refractivity contribution >= 4 is 10.8 Å². The van der Waals surface area contributed by atoms with Crippen LogP contribution < -0.4 is 0 Å². The lowest BCUT2D eigenvalue weighted by molar-refractivity contribution is 0.735. The molecule has 0 amide bonds. The number of aryl methyl sites for hydroxylation is 5. The zero-order chi connectivity index (χ0) is 57.0. The number of hydrogen-bond acceptors (Lipinski definition) is 0. The molecule has 1 aliphatic rings. The molecule has 10 aromatic carbocycles. The van der Waals surface area contributed by atoms with Crippen LogP contribution in [-0.2, 0) is 11.8 Å². The van der Waals surface area contributed by atoms with Gasteiger partial charge in [0, 0.05) is 0 Å². The van der Waals surface area contributed by atoms with E-state index in [1.165, 1.54) is 138 Å². The van der Waals surface area contributed by atoms with Crippen molar-refractivity contribution in [2.75, 3.05) is 0 Å². The molecule has 0 saturated carbocycles. The van der Waals surface area contributed by atoms with Gasteiger partial charge >= 0.3 is 0 Å². The van der Waals surface area contributed by atoms with Crippen LogP contribution in [0.5, 0.6) is 0 Å². The summed E-state index contributed by atoms with van der Waals surface area (Å²) in [6, 6.07) is 87.6. The molecule has 0 fully saturated rings. The predicted octanol–water partition coefficient (Wildman–Crippen LogP) is 23.5. The Morgan fingerprint density at radius 3 is 1.32 bits per heavy atom. The number of unbranched alkanes of at least 4 members (excludes halogenated alkanes) is 1. The number of benzene rings is 10. The molecular formula is C79H92. The molecule has 0 radical (unpaired) electrons. The molecule has 10 aromatic rings. The molecule has 0 heteroatoms. The predicted molar refractivity (Wildman–Crippen MR) is 351 cm³/mol. The Morgan fingerprint density at radius 1 is 0.367 bits per heavy atom. The molecule has 1 unspecified atom stereocenters. The first-order chi connectivity index (χ1) is 38.5. The van der Waals surface area contributed by atoms with Crippen LogP contribution in [0.2, 0.25) is 0 Å². The Labute approximate surface area is 479 Å². The lowest BCUT2D eigenvalue weighted by Gasteiger charge is -2.34. The Kier molecular flexibility index (Phi) is 26.0. The Balaban J connectivity index is 0.000000196. The SMILES string of the molecule is CC.CCC.CCC.CCC(C)c1ccccc1-c1cc2ccccc2cc1C.CCCCc1ccc(-c2ccc(C)cc2)cc1.Cc1ccc2c(c1)C(c1ccccc1)(c1ccccc1)c1ccccc1-2.Cc1ccccc1. The Hall–Kier alpha value is -7.54. The summed E-state index contributed by atoms with van der Waals surface area (Å²) in [5.74, 6) is 0.590. The van der Waals surface area contributed by atoms with E-state index in [9.17, 15) is 0 Å². The fourth-order valence-corrected chi connectivity index (χ4v) is 10.1. The minimum Gasteiger partial charge on any atom is -0.0683 e. The van der Waals surface area contributed by atoms with E-state index in [0.29, 0.717) is 5.92 Å². The lowest BCUT2D eigenvalue weighted by Crippen LogP contribution is -2.28. The summed E-state index contributed by atoms with van der Waals surface area (Å²) in [6.45, 7) is 27.9. The first-order valence-corrected chi connectivity index (χ1v) is 29.6. The van der Waals surface area contributed by atoms with E-state index < -0.39 is 0 Å². The fraction of sp³-hybridized carbons (Fsp3) is 0.266. The van der Waals surface area contributed by atoms with Crippen LogP contribution >= 0.6 is 0 Å². The van der Waals surface area contributed by atoms with Crippen LogP contribution in [0.1, 0.15) is 156 Å². The summed E-state index contributed by atoms with van der Waals surface area (Å²) in [5, 5.41) is 2.64. The summed E-state index contributed by atoms with van der Waals surface area (Å²) < 4.78 is 0. The van der Waals surface area contributed by atoms with Gasteiger partial charge in [0.05, 0.1) is 5.41 Å². The third kappa shape index (κ3) is 16.7. The highest BCUT2D eigenvalue weighted by molar-refractivity contribution is 5.90. The van der Waals surface area contributed by atoms with Crippen molar-refractivity contribution in [1.29, 1.82) is 0 Å². The van der Waals surface area contributed by atoms with Gasteiger partial charge in [0.2, 0.25) is 0 Å². The van der Waals surface area contributed by atoms with E-state index in [1.807, 2.05) is 32.0 Å². The van der Waals surface area contributed by atoms with Crippen LogP contribution in [-0.4, -0.2) is 0 Å². The van der Waals surface area contributed by atoms with Crippen LogP contribution in [0.25, 0.3) is 44.2 Å².